The largest absolute Gasteiger partial charge is 0.325 e. The van der Waals surface area contributed by atoms with E-state index in [0.29, 0.717) is 12.2 Å². The van der Waals surface area contributed by atoms with Crippen LogP contribution in [0.1, 0.15) is 17.6 Å². The van der Waals surface area contributed by atoms with Crippen LogP contribution in [0.2, 0.25) is 0 Å². The van der Waals surface area contributed by atoms with Crippen molar-refractivity contribution in [2.24, 2.45) is 0 Å². The number of likely N-dealkylation sites (N-methyl/N-ethyl adjacent to an activating group) is 1. The summed E-state index contributed by atoms with van der Waals surface area (Å²) in [6.07, 6.45) is 0. The maximum atomic E-state index is 13.1. The maximum Gasteiger partial charge on any atom is 0.241 e. The van der Waals surface area contributed by atoms with Gasteiger partial charge in [-0.25, -0.2) is 9.37 Å². The van der Waals surface area contributed by atoms with Crippen molar-refractivity contribution in [3.05, 3.63) is 46.2 Å². The van der Waals surface area contributed by atoms with Gasteiger partial charge >= 0.3 is 0 Å². The summed E-state index contributed by atoms with van der Waals surface area (Å²) in [7, 11) is 1.87. The molecule has 0 aliphatic rings. The van der Waals surface area contributed by atoms with E-state index >= 15 is 0 Å². The first-order valence-corrected chi connectivity index (χ1v) is 7.51. The highest BCUT2D eigenvalue weighted by molar-refractivity contribution is 7.09. The lowest BCUT2D eigenvalue weighted by molar-refractivity contribution is -0.120. The minimum atomic E-state index is -0.369. The van der Waals surface area contributed by atoms with Crippen molar-refractivity contribution in [3.8, 4) is 0 Å². The van der Waals surface area contributed by atoms with E-state index in [1.165, 1.54) is 12.1 Å². The van der Waals surface area contributed by atoms with Crippen molar-refractivity contribution < 1.29 is 9.18 Å². The molecule has 0 spiro atoms. The van der Waals surface area contributed by atoms with Gasteiger partial charge in [0.25, 0.3) is 0 Å². The number of anilines is 1. The van der Waals surface area contributed by atoms with E-state index in [9.17, 15) is 9.18 Å². The molecule has 1 heterocycles. The van der Waals surface area contributed by atoms with E-state index in [4.69, 9.17) is 0 Å². The van der Waals surface area contributed by atoms with E-state index < -0.39 is 0 Å². The Balaban J connectivity index is 1.95. The Labute approximate surface area is 127 Å². The first kappa shape index (κ1) is 15.6. The number of aryl methyl sites for hydroxylation is 1. The van der Waals surface area contributed by atoms with E-state index in [2.05, 4.69) is 10.3 Å². The number of hydrogen-bond acceptors (Lipinski definition) is 4. The van der Waals surface area contributed by atoms with E-state index in [1.807, 2.05) is 31.2 Å². The molecule has 21 heavy (non-hydrogen) atoms. The van der Waals surface area contributed by atoms with Gasteiger partial charge in [-0.05, 0) is 39.1 Å². The predicted octanol–water partition coefficient (Wildman–Crippen LogP) is 3.05. The molecular weight excluding hydrogens is 289 g/mol. The molecule has 1 aromatic carbocycles. The van der Waals surface area contributed by atoms with Crippen molar-refractivity contribution in [2.75, 3.05) is 12.4 Å². The van der Waals surface area contributed by atoms with Crippen LogP contribution in [0.4, 0.5) is 10.1 Å². The fraction of sp³-hybridized carbons (Fsp3) is 0.333. The Kier molecular flexibility index (Phi) is 5.03. The van der Waals surface area contributed by atoms with Crippen LogP contribution in [-0.4, -0.2) is 28.9 Å². The fourth-order valence-electron chi connectivity index (χ4n) is 1.89. The van der Waals surface area contributed by atoms with Crippen LogP contribution in [-0.2, 0) is 11.3 Å². The first-order chi connectivity index (χ1) is 9.95. The molecule has 1 aromatic heterocycles. The summed E-state index contributed by atoms with van der Waals surface area (Å²) in [6, 6.07) is 5.54. The smallest absolute Gasteiger partial charge is 0.241 e. The molecule has 4 nitrogen and oxygen atoms in total. The normalized spacial score (nSPS) is 12.4. The molecule has 0 radical (unpaired) electrons. The number of nitrogens with zero attached hydrogens (tertiary/aromatic N) is 2. The number of thiazole rings is 1. The van der Waals surface area contributed by atoms with Crippen LogP contribution in [0.25, 0.3) is 0 Å². The lowest BCUT2D eigenvalue weighted by atomic mass is 10.2. The lowest BCUT2D eigenvalue weighted by Gasteiger charge is -2.23. The van der Waals surface area contributed by atoms with Crippen LogP contribution in [0.5, 0.6) is 0 Å². The Morgan fingerprint density at radius 2 is 2.29 bits per heavy atom. The highest BCUT2D eigenvalue weighted by Gasteiger charge is 2.19. The zero-order valence-corrected chi connectivity index (χ0v) is 13.1. The van der Waals surface area contributed by atoms with Gasteiger partial charge in [-0.2, -0.15) is 0 Å². The third-order valence-corrected chi connectivity index (χ3v) is 4.03. The number of nitrogens with one attached hydrogen (secondary N) is 1. The van der Waals surface area contributed by atoms with Gasteiger partial charge in [-0.15, -0.1) is 11.3 Å². The van der Waals surface area contributed by atoms with Crippen LogP contribution < -0.4 is 5.32 Å². The first-order valence-electron chi connectivity index (χ1n) is 6.63. The number of carbonyl (C=O) groups is 1. The molecule has 112 valence electrons. The molecular formula is C15H18FN3OS. The van der Waals surface area contributed by atoms with Crippen LogP contribution >= 0.6 is 11.3 Å². The van der Waals surface area contributed by atoms with Gasteiger partial charge in [0.1, 0.15) is 5.82 Å². The minimum absolute atomic E-state index is 0.171. The summed E-state index contributed by atoms with van der Waals surface area (Å²) in [5, 5.41) is 5.71. The second-order valence-electron chi connectivity index (χ2n) is 4.95. The van der Waals surface area contributed by atoms with Gasteiger partial charge in [0.05, 0.1) is 16.7 Å². The number of carbonyl (C=O) groups excluding carboxylic acids is 1. The molecule has 2 rings (SSSR count). The summed E-state index contributed by atoms with van der Waals surface area (Å²) in [6.45, 7) is 4.37. The van der Waals surface area contributed by atoms with Gasteiger partial charge in [0.15, 0.2) is 0 Å². The molecule has 0 aliphatic carbocycles. The summed E-state index contributed by atoms with van der Waals surface area (Å²) < 4.78 is 13.1. The van der Waals surface area contributed by atoms with Gasteiger partial charge in [-0.1, -0.05) is 6.07 Å². The molecule has 0 fully saturated rings. The Bertz CT molecular complexity index is 629. The van der Waals surface area contributed by atoms with Gasteiger partial charge in [0, 0.05) is 17.6 Å². The molecule has 0 aliphatic heterocycles. The summed E-state index contributed by atoms with van der Waals surface area (Å²) >= 11 is 1.59. The highest BCUT2D eigenvalue weighted by atomic mass is 32.1. The summed E-state index contributed by atoms with van der Waals surface area (Å²) in [5.41, 5.74) is 1.41. The van der Waals surface area contributed by atoms with Crippen molar-refractivity contribution in [1.82, 2.24) is 9.88 Å². The number of halogens is 1. The zero-order chi connectivity index (χ0) is 15.4. The van der Waals surface area contributed by atoms with Gasteiger partial charge in [0.2, 0.25) is 5.91 Å². The molecule has 2 aromatic rings. The Morgan fingerprint density at radius 1 is 1.52 bits per heavy atom. The van der Waals surface area contributed by atoms with Crippen molar-refractivity contribution >= 4 is 22.9 Å². The highest BCUT2D eigenvalue weighted by Crippen LogP contribution is 2.13. The van der Waals surface area contributed by atoms with Crippen molar-refractivity contribution in [2.45, 2.75) is 26.4 Å². The van der Waals surface area contributed by atoms with Gasteiger partial charge in [-0.3, -0.25) is 9.69 Å². The molecule has 1 amide bonds. The van der Waals surface area contributed by atoms with Crippen LogP contribution in [0, 0.1) is 12.7 Å². The number of amides is 1. The Morgan fingerprint density at radius 3 is 2.90 bits per heavy atom. The topological polar surface area (TPSA) is 45.2 Å². The minimum Gasteiger partial charge on any atom is -0.325 e. The Hall–Kier alpha value is -1.79. The third kappa shape index (κ3) is 4.34. The fourth-order valence-corrected chi connectivity index (χ4v) is 2.49. The zero-order valence-electron chi connectivity index (χ0n) is 12.3. The quantitative estimate of drug-likeness (QED) is 0.923. The number of benzene rings is 1. The van der Waals surface area contributed by atoms with Gasteiger partial charge < -0.3 is 5.32 Å². The average molecular weight is 307 g/mol. The predicted molar refractivity (Wildman–Crippen MR) is 82.8 cm³/mol. The van der Waals surface area contributed by atoms with Crippen LogP contribution in [0.3, 0.4) is 0 Å². The molecule has 1 unspecified atom stereocenters. The summed E-state index contributed by atoms with van der Waals surface area (Å²) in [5.74, 6) is -0.540. The average Bonchev–Trinajstić information content (AvgIpc) is 2.83. The lowest BCUT2D eigenvalue weighted by Crippen LogP contribution is -2.39. The van der Waals surface area contributed by atoms with E-state index in [1.54, 1.807) is 23.5 Å². The SMILES string of the molecule is Cc1nc(CN(C)C(C)C(=O)Nc2cccc(F)c2)cs1. The monoisotopic (exact) mass is 307 g/mol. The third-order valence-electron chi connectivity index (χ3n) is 3.21. The molecule has 0 bridgehead atoms. The number of rotatable bonds is 5. The van der Waals surface area contributed by atoms with Crippen molar-refractivity contribution in [1.29, 1.82) is 0 Å². The summed E-state index contributed by atoms with van der Waals surface area (Å²) in [4.78, 5) is 18.5. The molecule has 1 atom stereocenters. The standard InChI is InChI=1S/C15H18FN3OS/c1-10(19(3)8-14-9-21-11(2)17-14)15(20)18-13-6-4-5-12(16)7-13/h4-7,9-10H,8H2,1-3H3,(H,18,20). The molecule has 0 saturated heterocycles. The van der Waals surface area contributed by atoms with Crippen molar-refractivity contribution in [3.63, 3.8) is 0 Å². The molecule has 1 N–H and O–H groups in total. The second kappa shape index (κ2) is 6.78. The molecule has 0 saturated carbocycles. The number of hydrogen-bond donors (Lipinski definition) is 1. The second-order valence-corrected chi connectivity index (χ2v) is 6.01. The van der Waals surface area contributed by atoms with E-state index in [-0.39, 0.29) is 17.8 Å². The molecule has 6 heteroatoms. The van der Waals surface area contributed by atoms with E-state index in [0.717, 1.165) is 10.7 Å². The maximum absolute atomic E-state index is 13.1. The van der Waals surface area contributed by atoms with Crippen LogP contribution in [0.15, 0.2) is 29.6 Å². The number of aromatic nitrogens is 1.